The molecule has 2 N–H and O–H groups in total. The third-order valence-electron chi connectivity index (χ3n) is 3.47. The molecule has 0 aliphatic carbocycles. The molecule has 0 aliphatic heterocycles. The van der Waals surface area contributed by atoms with E-state index in [-0.39, 0.29) is 12.2 Å². The van der Waals surface area contributed by atoms with Crippen LogP contribution in [0, 0.1) is 17.5 Å². The summed E-state index contributed by atoms with van der Waals surface area (Å²) in [6, 6.07) is 9.31. The highest BCUT2D eigenvalue weighted by Crippen LogP contribution is 2.27. The van der Waals surface area contributed by atoms with Gasteiger partial charge in [-0.15, -0.1) is 0 Å². The van der Waals surface area contributed by atoms with E-state index in [2.05, 4.69) is 0 Å². The van der Waals surface area contributed by atoms with Gasteiger partial charge in [0.1, 0.15) is 17.5 Å². The van der Waals surface area contributed by atoms with Gasteiger partial charge in [0.15, 0.2) is 0 Å². The van der Waals surface area contributed by atoms with Crippen LogP contribution in [0.2, 0.25) is 0 Å². The molecule has 1 atom stereocenters. The average molecular weight is 279 g/mol. The Hall–Kier alpha value is -1.81. The third-order valence-corrected chi connectivity index (χ3v) is 3.47. The first-order chi connectivity index (χ1) is 9.43. The Balaban J connectivity index is 2.36. The van der Waals surface area contributed by atoms with E-state index in [1.54, 1.807) is 12.1 Å². The zero-order valence-electron chi connectivity index (χ0n) is 11.2. The van der Waals surface area contributed by atoms with E-state index in [9.17, 15) is 13.2 Å². The first-order valence-electron chi connectivity index (χ1n) is 6.43. The molecule has 0 bridgehead atoms. The Morgan fingerprint density at radius 1 is 0.950 bits per heavy atom. The van der Waals surface area contributed by atoms with Gasteiger partial charge >= 0.3 is 0 Å². The average Bonchev–Trinajstić information content (AvgIpc) is 2.37. The van der Waals surface area contributed by atoms with E-state index in [4.69, 9.17) is 5.73 Å². The molecule has 0 radical (unpaired) electrons. The van der Waals surface area contributed by atoms with Crippen LogP contribution in [0.5, 0.6) is 0 Å². The van der Waals surface area contributed by atoms with E-state index >= 15 is 0 Å². The smallest absolute Gasteiger partial charge is 0.126 e. The Morgan fingerprint density at radius 3 is 2.15 bits per heavy atom. The third kappa shape index (κ3) is 3.20. The van der Waals surface area contributed by atoms with Crippen molar-refractivity contribution >= 4 is 0 Å². The van der Waals surface area contributed by atoms with Crippen LogP contribution in [-0.2, 0) is 12.0 Å². The van der Waals surface area contributed by atoms with Gasteiger partial charge in [-0.25, -0.2) is 13.2 Å². The fourth-order valence-corrected chi connectivity index (χ4v) is 2.31. The Labute approximate surface area is 116 Å². The maximum absolute atomic E-state index is 13.3. The predicted molar refractivity (Wildman–Crippen MR) is 72.6 cm³/mol. The highest BCUT2D eigenvalue weighted by Gasteiger charge is 2.26. The molecule has 2 aromatic rings. The van der Waals surface area contributed by atoms with Crippen LogP contribution in [-0.4, -0.2) is 0 Å². The minimum Gasteiger partial charge on any atom is -0.321 e. The van der Waals surface area contributed by atoms with Crippen molar-refractivity contribution in [3.63, 3.8) is 0 Å². The Morgan fingerprint density at radius 2 is 1.60 bits per heavy atom. The molecule has 0 fully saturated rings. The first kappa shape index (κ1) is 14.6. The molecule has 0 spiro atoms. The van der Waals surface area contributed by atoms with Crippen LogP contribution < -0.4 is 5.73 Å². The summed E-state index contributed by atoms with van der Waals surface area (Å²) in [5, 5.41) is 0. The fourth-order valence-electron chi connectivity index (χ4n) is 2.31. The van der Waals surface area contributed by atoms with Crippen molar-refractivity contribution in [1.82, 2.24) is 0 Å². The molecule has 0 aliphatic rings. The van der Waals surface area contributed by atoms with Crippen molar-refractivity contribution in [3.05, 3.63) is 71.0 Å². The minimum absolute atomic E-state index is 0.238. The van der Waals surface area contributed by atoms with Crippen LogP contribution in [0.4, 0.5) is 13.2 Å². The molecule has 20 heavy (non-hydrogen) atoms. The zero-order chi connectivity index (χ0) is 14.8. The molecule has 1 nitrogen and oxygen atoms in total. The highest BCUT2D eigenvalue weighted by molar-refractivity contribution is 5.29. The molecule has 0 amide bonds. The van der Waals surface area contributed by atoms with Gasteiger partial charge in [0.2, 0.25) is 0 Å². The number of nitrogens with two attached hydrogens (primary N) is 1. The van der Waals surface area contributed by atoms with Gasteiger partial charge < -0.3 is 5.73 Å². The summed E-state index contributed by atoms with van der Waals surface area (Å²) in [7, 11) is 0. The maximum Gasteiger partial charge on any atom is 0.126 e. The quantitative estimate of drug-likeness (QED) is 0.902. The SMILES string of the molecule is CCC(N)(Cc1cc(F)cc(F)c1)c1cccc(F)c1. The van der Waals surface area contributed by atoms with Gasteiger partial charge in [0.25, 0.3) is 0 Å². The maximum atomic E-state index is 13.3. The molecule has 0 aromatic heterocycles. The lowest BCUT2D eigenvalue weighted by Gasteiger charge is -2.29. The summed E-state index contributed by atoms with van der Waals surface area (Å²) in [5.41, 5.74) is 6.52. The van der Waals surface area contributed by atoms with Crippen molar-refractivity contribution in [3.8, 4) is 0 Å². The van der Waals surface area contributed by atoms with Crippen molar-refractivity contribution < 1.29 is 13.2 Å². The lowest BCUT2D eigenvalue weighted by atomic mass is 9.82. The normalized spacial score (nSPS) is 14.1. The standard InChI is InChI=1S/C16H16F3N/c1-2-16(20,12-4-3-5-13(17)8-12)10-11-6-14(18)9-15(19)7-11/h3-9H,2,10,20H2,1H3. The van der Waals surface area contributed by atoms with E-state index in [1.807, 2.05) is 6.92 Å². The molecule has 1 unspecified atom stereocenters. The Bertz CT molecular complexity index is 592. The topological polar surface area (TPSA) is 26.0 Å². The van der Waals surface area contributed by atoms with E-state index in [1.165, 1.54) is 24.3 Å². The molecule has 0 saturated carbocycles. The first-order valence-corrected chi connectivity index (χ1v) is 6.43. The van der Waals surface area contributed by atoms with Crippen molar-refractivity contribution in [2.45, 2.75) is 25.3 Å². The largest absolute Gasteiger partial charge is 0.321 e. The second-order valence-electron chi connectivity index (χ2n) is 4.97. The monoisotopic (exact) mass is 279 g/mol. The van der Waals surface area contributed by atoms with Crippen LogP contribution in [0.3, 0.4) is 0 Å². The van der Waals surface area contributed by atoms with Crippen LogP contribution in [0.15, 0.2) is 42.5 Å². The summed E-state index contributed by atoms with van der Waals surface area (Å²) in [6.07, 6.45) is 0.760. The zero-order valence-corrected chi connectivity index (χ0v) is 11.2. The summed E-state index contributed by atoms with van der Waals surface area (Å²) in [6.45, 7) is 1.86. The molecule has 0 heterocycles. The second-order valence-corrected chi connectivity index (χ2v) is 4.97. The molecular formula is C16H16F3N. The minimum atomic E-state index is -0.859. The Kier molecular flexibility index (Phi) is 4.14. The van der Waals surface area contributed by atoms with E-state index in [0.717, 1.165) is 6.07 Å². The molecule has 2 rings (SSSR count). The number of rotatable bonds is 4. The number of hydrogen-bond acceptors (Lipinski definition) is 1. The summed E-state index contributed by atoms with van der Waals surface area (Å²) < 4.78 is 39.8. The van der Waals surface area contributed by atoms with Crippen molar-refractivity contribution in [1.29, 1.82) is 0 Å². The van der Waals surface area contributed by atoms with Crippen LogP contribution in [0.25, 0.3) is 0 Å². The summed E-state index contributed by atoms with van der Waals surface area (Å²) in [5.74, 6) is -1.66. The van der Waals surface area contributed by atoms with Gasteiger partial charge in [-0.05, 0) is 48.2 Å². The van der Waals surface area contributed by atoms with Gasteiger partial charge in [-0.3, -0.25) is 0 Å². The lowest BCUT2D eigenvalue weighted by Crippen LogP contribution is -2.38. The molecule has 106 valence electrons. The number of halogens is 3. The summed E-state index contributed by atoms with van der Waals surface area (Å²) >= 11 is 0. The van der Waals surface area contributed by atoms with E-state index in [0.29, 0.717) is 17.5 Å². The van der Waals surface area contributed by atoms with Gasteiger partial charge in [0.05, 0.1) is 0 Å². The van der Waals surface area contributed by atoms with Crippen LogP contribution in [0.1, 0.15) is 24.5 Å². The molecular weight excluding hydrogens is 263 g/mol. The second kappa shape index (κ2) is 5.67. The number of hydrogen-bond donors (Lipinski definition) is 1. The van der Waals surface area contributed by atoms with Crippen LogP contribution >= 0.6 is 0 Å². The molecule has 4 heteroatoms. The van der Waals surface area contributed by atoms with E-state index < -0.39 is 17.2 Å². The van der Waals surface area contributed by atoms with Crippen molar-refractivity contribution in [2.24, 2.45) is 5.73 Å². The van der Waals surface area contributed by atoms with Crippen molar-refractivity contribution in [2.75, 3.05) is 0 Å². The molecule has 0 saturated heterocycles. The predicted octanol–water partition coefficient (Wildman–Crippen LogP) is 3.91. The fraction of sp³-hybridized carbons (Fsp3) is 0.250. The highest BCUT2D eigenvalue weighted by atomic mass is 19.1. The number of benzene rings is 2. The van der Waals surface area contributed by atoms with Gasteiger partial charge in [-0.1, -0.05) is 19.1 Å². The van der Waals surface area contributed by atoms with Gasteiger partial charge in [0, 0.05) is 11.6 Å². The lowest BCUT2D eigenvalue weighted by molar-refractivity contribution is 0.420. The summed E-state index contributed by atoms with van der Waals surface area (Å²) in [4.78, 5) is 0. The molecule has 2 aromatic carbocycles. The van der Waals surface area contributed by atoms with Gasteiger partial charge in [-0.2, -0.15) is 0 Å².